The summed E-state index contributed by atoms with van der Waals surface area (Å²) in [6.45, 7) is 7.95. The second-order valence-electron chi connectivity index (χ2n) is 8.69. The lowest BCUT2D eigenvalue weighted by Crippen LogP contribution is -2.47. The first-order chi connectivity index (χ1) is 13.8. The third-order valence-electron chi connectivity index (χ3n) is 6.14. The number of nitrogens with zero attached hydrogens (tertiary/aromatic N) is 3. The SMILES string of the molecule is Cc1ccc(C(=O)N2CCC(c3ccc(-n4ccnc4)cc3)C(C)(C)C2)cc1N. The minimum atomic E-state index is -0.0132. The van der Waals surface area contributed by atoms with Crippen molar-refractivity contribution in [1.29, 1.82) is 0 Å². The molecule has 0 spiro atoms. The zero-order chi connectivity index (χ0) is 20.6. The maximum absolute atomic E-state index is 13.0. The number of amides is 1. The highest BCUT2D eigenvalue weighted by molar-refractivity contribution is 5.95. The molecule has 0 bridgehead atoms. The number of nitrogen functional groups attached to an aromatic ring is 1. The number of aryl methyl sites for hydroxylation is 1. The highest BCUT2D eigenvalue weighted by atomic mass is 16.2. The van der Waals surface area contributed by atoms with Crippen LogP contribution in [0.25, 0.3) is 5.69 Å². The summed E-state index contributed by atoms with van der Waals surface area (Å²) in [5.74, 6) is 0.477. The topological polar surface area (TPSA) is 64.2 Å². The Morgan fingerprint density at radius 1 is 1.17 bits per heavy atom. The molecule has 1 aliphatic heterocycles. The molecular weight excluding hydrogens is 360 g/mol. The normalized spacial score (nSPS) is 18.6. The van der Waals surface area contributed by atoms with Gasteiger partial charge in [-0.2, -0.15) is 0 Å². The number of rotatable bonds is 3. The Kier molecular flexibility index (Phi) is 4.91. The minimum absolute atomic E-state index is 0.0132. The van der Waals surface area contributed by atoms with Crippen molar-refractivity contribution in [1.82, 2.24) is 14.5 Å². The lowest BCUT2D eigenvalue weighted by molar-refractivity contribution is 0.0524. The van der Waals surface area contributed by atoms with Gasteiger partial charge in [0, 0.05) is 42.4 Å². The average molecular weight is 389 g/mol. The van der Waals surface area contributed by atoms with Crippen molar-refractivity contribution >= 4 is 11.6 Å². The van der Waals surface area contributed by atoms with Gasteiger partial charge in [-0.05, 0) is 60.1 Å². The summed E-state index contributed by atoms with van der Waals surface area (Å²) in [5, 5.41) is 0. The maximum Gasteiger partial charge on any atom is 0.253 e. The molecule has 2 aromatic carbocycles. The Bertz CT molecular complexity index is 1010. The molecule has 5 nitrogen and oxygen atoms in total. The average Bonchev–Trinajstić information content (AvgIpc) is 3.24. The molecule has 1 amide bonds. The fourth-order valence-corrected chi connectivity index (χ4v) is 4.39. The van der Waals surface area contributed by atoms with Crippen LogP contribution in [-0.4, -0.2) is 33.4 Å². The molecule has 1 unspecified atom stereocenters. The van der Waals surface area contributed by atoms with Crippen molar-refractivity contribution in [3.63, 3.8) is 0 Å². The molecule has 0 aliphatic carbocycles. The smallest absolute Gasteiger partial charge is 0.253 e. The molecule has 1 saturated heterocycles. The van der Waals surface area contributed by atoms with Crippen LogP contribution in [0.3, 0.4) is 0 Å². The molecule has 3 aromatic rings. The summed E-state index contributed by atoms with van der Waals surface area (Å²) in [7, 11) is 0. The predicted octanol–water partition coefficient (Wildman–Crippen LogP) is 4.42. The van der Waals surface area contributed by atoms with Crippen molar-refractivity contribution in [3.05, 3.63) is 77.9 Å². The van der Waals surface area contributed by atoms with Gasteiger partial charge in [-0.3, -0.25) is 4.79 Å². The van der Waals surface area contributed by atoms with E-state index >= 15 is 0 Å². The van der Waals surface area contributed by atoms with E-state index in [0.717, 1.165) is 30.8 Å². The third-order valence-corrected chi connectivity index (χ3v) is 6.14. The molecule has 2 heterocycles. The molecule has 5 heteroatoms. The molecule has 1 atom stereocenters. The molecule has 4 rings (SSSR count). The van der Waals surface area contributed by atoms with E-state index in [-0.39, 0.29) is 11.3 Å². The van der Waals surface area contributed by atoms with E-state index in [9.17, 15) is 4.79 Å². The van der Waals surface area contributed by atoms with Crippen LogP contribution in [0.5, 0.6) is 0 Å². The van der Waals surface area contributed by atoms with Crippen molar-refractivity contribution in [2.75, 3.05) is 18.8 Å². The van der Waals surface area contributed by atoms with Gasteiger partial charge in [0.05, 0.1) is 6.33 Å². The Morgan fingerprint density at radius 2 is 1.93 bits per heavy atom. The van der Waals surface area contributed by atoms with Gasteiger partial charge < -0.3 is 15.2 Å². The molecule has 29 heavy (non-hydrogen) atoms. The lowest BCUT2D eigenvalue weighted by atomic mass is 9.70. The number of nitrogens with two attached hydrogens (primary N) is 1. The van der Waals surface area contributed by atoms with Crippen molar-refractivity contribution in [2.24, 2.45) is 5.41 Å². The number of hydrogen-bond donors (Lipinski definition) is 1. The minimum Gasteiger partial charge on any atom is -0.398 e. The monoisotopic (exact) mass is 388 g/mol. The Balaban J connectivity index is 1.50. The van der Waals surface area contributed by atoms with E-state index in [4.69, 9.17) is 5.73 Å². The van der Waals surface area contributed by atoms with E-state index in [0.29, 0.717) is 17.2 Å². The maximum atomic E-state index is 13.0. The van der Waals surface area contributed by atoms with E-state index < -0.39 is 0 Å². The molecule has 1 aromatic heterocycles. The van der Waals surface area contributed by atoms with Gasteiger partial charge in [-0.15, -0.1) is 0 Å². The second-order valence-corrected chi connectivity index (χ2v) is 8.69. The largest absolute Gasteiger partial charge is 0.398 e. The highest BCUT2D eigenvalue weighted by Gasteiger charge is 2.38. The van der Waals surface area contributed by atoms with Gasteiger partial charge in [0.1, 0.15) is 0 Å². The number of likely N-dealkylation sites (tertiary alicyclic amines) is 1. The Morgan fingerprint density at radius 3 is 2.55 bits per heavy atom. The Hall–Kier alpha value is -3.08. The molecule has 1 fully saturated rings. The van der Waals surface area contributed by atoms with E-state index in [1.807, 2.05) is 34.7 Å². The van der Waals surface area contributed by atoms with Crippen LogP contribution in [0.15, 0.2) is 61.2 Å². The number of piperidine rings is 1. The number of carbonyl (C=O) groups excluding carboxylic acids is 1. The van der Waals surface area contributed by atoms with Gasteiger partial charge in [0.25, 0.3) is 5.91 Å². The summed E-state index contributed by atoms with van der Waals surface area (Å²) < 4.78 is 2.00. The van der Waals surface area contributed by atoms with E-state index in [1.165, 1.54) is 5.56 Å². The molecule has 0 radical (unpaired) electrons. The molecule has 1 aliphatic rings. The van der Waals surface area contributed by atoms with Crippen LogP contribution >= 0.6 is 0 Å². The molecule has 0 saturated carbocycles. The molecular formula is C24H28N4O. The number of carbonyl (C=O) groups is 1. The summed E-state index contributed by atoms with van der Waals surface area (Å²) in [4.78, 5) is 19.1. The lowest BCUT2D eigenvalue weighted by Gasteiger charge is -2.44. The first-order valence-electron chi connectivity index (χ1n) is 10.1. The Labute approximate surface area is 172 Å². The van der Waals surface area contributed by atoms with E-state index in [1.54, 1.807) is 18.6 Å². The van der Waals surface area contributed by atoms with Gasteiger partial charge in [0.2, 0.25) is 0 Å². The quantitative estimate of drug-likeness (QED) is 0.676. The third kappa shape index (κ3) is 3.77. The molecule has 2 N–H and O–H groups in total. The summed E-state index contributed by atoms with van der Waals surface area (Å²) in [6.07, 6.45) is 6.48. The fourth-order valence-electron chi connectivity index (χ4n) is 4.39. The van der Waals surface area contributed by atoms with Crippen molar-refractivity contribution in [2.45, 2.75) is 33.1 Å². The van der Waals surface area contributed by atoms with Crippen LogP contribution in [0.4, 0.5) is 5.69 Å². The number of aromatic nitrogens is 2. The summed E-state index contributed by atoms with van der Waals surface area (Å²) in [6, 6.07) is 14.3. The van der Waals surface area contributed by atoms with Crippen LogP contribution in [0, 0.1) is 12.3 Å². The zero-order valence-corrected chi connectivity index (χ0v) is 17.3. The van der Waals surface area contributed by atoms with Gasteiger partial charge in [-0.1, -0.05) is 32.0 Å². The standard InChI is InChI=1S/C24H28N4O/c1-17-4-5-19(14-22(17)25)23(29)27-12-10-21(24(2,3)15-27)18-6-8-20(9-7-18)28-13-11-26-16-28/h4-9,11,13-14,16,21H,10,12,15,25H2,1-3H3. The number of benzene rings is 2. The number of hydrogen-bond acceptors (Lipinski definition) is 3. The van der Waals surface area contributed by atoms with Gasteiger partial charge in [-0.25, -0.2) is 4.98 Å². The number of anilines is 1. The van der Waals surface area contributed by atoms with Crippen molar-refractivity contribution in [3.8, 4) is 5.69 Å². The van der Waals surface area contributed by atoms with Crippen LogP contribution in [-0.2, 0) is 0 Å². The zero-order valence-electron chi connectivity index (χ0n) is 17.3. The second kappa shape index (κ2) is 7.39. The first-order valence-corrected chi connectivity index (χ1v) is 10.1. The van der Waals surface area contributed by atoms with Crippen LogP contribution in [0.1, 0.15) is 47.7 Å². The van der Waals surface area contributed by atoms with E-state index in [2.05, 4.69) is 43.1 Å². The van der Waals surface area contributed by atoms with Crippen LogP contribution in [0.2, 0.25) is 0 Å². The van der Waals surface area contributed by atoms with Crippen LogP contribution < -0.4 is 5.73 Å². The first kappa shape index (κ1) is 19.2. The predicted molar refractivity (Wildman–Crippen MR) is 116 cm³/mol. The van der Waals surface area contributed by atoms with Gasteiger partial charge >= 0.3 is 0 Å². The van der Waals surface area contributed by atoms with Gasteiger partial charge in [0.15, 0.2) is 0 Å². The summed E-state index contributed by atoms with van der Waals surface area (Å²) in [5.41, 5.74) is 10.8. The van der Waals surface area contributed by atoms with Crippen molar-refractivity contribution < 1.29 is 4.79 Å². The highest BCUT2D eigenvalue weighted by Crippen LogP contribution is 2.42. The fraction of sp³-hybridized carbons (Fsp3) is 0.333. The summed E-state index contributed by atoms with van der Waals surface area (Å²) >= 11 is 0. The molecule has 150 valence electrons. The number of imidazole rings is 1.